The maximum Gasteiger partial charge on any atom is 0.326 e. The van der Waals surface area contributed by atoms with Gasteiger partial charge in [-0.2, -0.15) is 11.8 Å². The van der Waals surface area contributed by atoms with Gasteiger partial charge in [-0.05, 0) is 31.3 Å². The van der Waals surface area contributed by atoms with Gasteiger partial charge in [0.2, 0.25) is 11.8 Å². The highest BCUT2D eigenvalue weighted by molar-refractivity contribution is 7.98. The fourth-order valence-electron chi connectivity index (χ4n) is 3.08. The van der Waals surface area contributed by atoms with Gasteiger partial charge in [0.05, 0.1) is 0 Å². The van der Waals surface area contributed by atoms with Gasteiger partial charge in [-0.25, -0.2) is 4.79 Å². The van der Waals surface area contributed by atoms with Gasteiger partial charge < -0.3 is 5.11 Å². The number of amides is 2. The Morgan fingerprint density at radius 2 is 1.26 bits per heavy atom. The van der Waals surface area contributed by atoms with Crippen molar-refractivity contribution in [1.82, 2.24) is 4.90 Å². The van der Waals surface area contributed by atoms with Crippen LogP contribution in [0.4, 0.5) is 0 Å². The van der Waals surface area contributed by atoms with E-state index < -0.39 is 12.0 Å². The fourth-order valence-corrected chi connectivity index (χ4v) is 3.54. The van der Waals surface area contributed by atoms with E-state index in [0.717, 1.165) is 56.3 Å². The van der Waals surface area contributed by atoms with Gasteiger partial charge in [0, 0.05) is 12.8 Å². The molecule has 0 saturated carbocycles. The van der Waals surface area contributed by atoms with E-state index in [1.165, 1.54) is 11.8 Å². The van der Waals surface area contributed by atoms with Gasteiger partial charge in [0.1, 0.15) is 6.04 Å². The minimum atomic E-state index is -1.08. The summed E-state index contributed by atoms with van der Waals surface area (Å²) < 4.78 is 0. The molecule has 0 bridgehead atoms. The first kappa shape index (κ1) is 26.0. The third kappa shape index (κ3) is 12.1. The number of thioether (sulfide) groups is 1. The number of imide groups is 1. The van der Waals surface area contributed by atoms with Crippen LogP contribution in [0.2, 0.25) is 0 Å². The molecule has 0 rings (SSSR count). The third-order valence-corrected chi connectivity index (χ3v) is 5.36. The molecule has 1 atom stereocenters. The molecule has 27 heavy (non-hydrogen) atoms. The lowest BCUT2D eigenvalue weighted by Crippen LogP contribution is -2.49. The monoisotopic (exact) mass is 401 g/mol. The summed E-state index contributed by atoms with van der Waals surface area (Å²) in [7, 11) is 0. The maximum atomic E-state index is 12.7. The van der Waals surface area contributed by atoms with Gasteiger partial charge in [-0.3, -0.25) is 14.5 Å². The number of carboxylic acids is 1. The van der Waals surface area contributed by atoms with Crippen LogP contribution in [0.15, 0.2) is 0 Å². The molecule has 0 saturated heterocycles. The Kier molecular flexibility index (Phi) is 16.4. The Balaban J connectivity index is 4.87. The van der Waals surface area contributed by atoms with E-state index in [-0.39, 0.29) is 24.7 Å². The molecule has 0 fully saturated rings. The summed E-state index contributed by atoms with van der Waals surface area (Å²) in [5.74, 6) is -1.11. The Bertz CT molecular complexity index is 402. The van der Waals surface area contributed by atoms with Crippen LogP contribution in [-0.4, -0.2) is 45.8 Å². The van der Waals surface area contributed by atoms with Crippen molar-refractivity contribution >= 4 is 29.5 Å². The molecule has 6 heteroatoms. The average Bonchev–Trinajstić information content (AvgIpc) is 2.64. The van der Waals surface area contributed by atoms with Crippen LogP contribution in [0.3, 0.4) is 0 Å². The quantitative estimate of drug-likeness (QED) is 0.336. The van der Waals surface area contributed by atoms with Crippen LogP contribution in [-0.2, 0) is 14.4 Å². The van der Waals surface area contributed by atoms with Crippen molar-refractivity contribution in [3.8, 4) is 0 Å². The average molecular weight is 402 g/mol. The maximum absolute atomic E-state index is 12.7. The molecule has 1 unspecified atom stereocenters. The predicted molar refractivity (Wildman–Crippen MR) is 113 cm³/mol. The van der Waals surface area contributed by atoms with Gasteiger partial charge in [-0.15, -0.1) is 0 Å². The second-order valence-corrected chi connectivity index (χ2v) is 8.11. The second kappa shape index (κ2) is 17.1. The van der Waals surface area contributed by atoms with Crippen molar-refractivity contribution in [2.24, 2.45) is 0 Å². The molecular weight excluding hydrogens is 362 g/mol. The number of rotatable bonds is 17. The van der Waals surface area contributed by atoms with Crippen molar-refractivity contribution in [2.75, 3.05) is 12.0 Å². The Morgan fingerprint density at radius 3 is 1.63 bits per heavy atom. The molecule has 158 valence electrons. The lowest BCUT2D eigenvalue weighted by molar-refractivity contribution is -0.158. The topological polar surface area (TPSA) is 74.7 Å². The summed E-state index contributed by atoms with van der Waals surface area (Å²) >= 11 is 1.53. The van der Waals surface area contributed by atoms with E-state index in [0.29, 0.717) is 25.0 Å². The highest BCUT2D eigenvalue weighted by Crippen LogP contribution is 2.16. The van der Waals surface area contributed by atoms with Crippen LogP contribution < -0.4 is 0 Å². The first-order valence-corrected chi connectivity index (χ1v) is 12.0. The predicted octanol–water partition coefficient (Wildman–Crippen LogP) is 5.27. The van der Waals surface area contributed by atoms with Crippen LogP contribution >= 0.6 is 11.8 Å². The Morgan fingerprint density at radius 1 is 0.815 bits per heavy atom. The number of carbonyl (C=O) groups is 3. The van der Waals surface area contributed by atoms with Crippen LogP contribution in [0.1, 0.15) is 97.3 Å². The number of aliphatic carboxylic acids is 1. The minimum Gasteiger partial charge on any atom is -0.480 e. The van der Waals surface area contributed by atoms with Gasteiger partial charge in [-0.1, -0.05) is 65.2 Å². The summed E-state index contributed by atoms with van der Waals surface area (Å²) in [6, 6.07) is -1.04. The fraction of sp³-hybridized carbons (Fsp3) is 0.857. The smallest absolute Gasteiger partial charge is 0.326 e. The highest BCUT2D eigenvalue weighted by atomic mass is 32.2. The Hall–Kier alpha value is -1.04. The van der Waals surface area contributed by atoms with Crippen LogP contribution in [0, 0.1) is 0 Å². The summed E-state index contributed by atoms with van der Waals surface area (Å²) in [5, 5.41) is 9.60. The number of carboxylic acid groups (broad SMARTS) is 1. The van der Waals surface area contributed by atoms with Crippen LogP contribution in [0.25, 0.3) is 0 Å². The number of unbranched alkanes of at least 4 members (excludes halogenated alkanes) is 8. The van der Waals surface area contributed by atoms with Gasteiger partial charge in [0.15, 0.2) is 0 Å². The zero-order valence-corrected chi connectivity index (χ0v) is 18.3. The molecule has 2 amide bonds. The van der Waals surface area contributed by atoms with Crippen molar-refractivity contribution in [1.29, 1.82) is 0 Å². The summed E-state index contributed by atoms with van der Waals surface area (Å²) in [5.41, 5.74) is 0. The summed E-state index contributed by atoms with van der Waals surface area (Å²) in [4.78, 5) is 38.2. The van der Waals surface area contributed by atoms with E-state index in [1.54, 1.807) is 0 Å². The molecule has 0 heterocycles. The van der Waals surface area contributed by atoms with E-state index in [9.17, 15) is 19.5 Å². The summed E-state index contributed by atoms with van der Waals surface area (Å²) in [6.07, 6.45) is 12.7. The number of hydrogen-bond donors (Lipinski definition) is 1. The SMILES string of the molecule is CCCCCCCC(=O)N(C(=O)CCCCCCC)C(CCSC)C(=O)O. The summed E-state index contributed by atoms with van der Waals surface area (Å²) in [6.45, 7) is 4.27. The first-order valence-electron chi connectivity index (χ1n) is 10.6. The minimum absolute atomic E-state index is 0.258. The standard InChI is InChI=1S/C21H39NO4S/c1-4-6-8-10-12-14-19(23)22(18(21(25)26)16-17-27-3)20(24)15-13-11-9-7-5-2/h18H,4-17H2,1-3H3,(H,25,26). The first-order chi connectivity index (χ1) is 13.0. The Labute approximate surface area is 169 Å². The molecule has 0 aliphatic carbocycles. The van der Waals surface area contributed by atoms with Crippen molar-refractivity contribution in [3.05, 3.63) is 0 Å². The molecule has 1 N–H and O–H groups in total. The van der Waals surface area contributed by atoms with Gasteiger partial charge >= 0.3 is 5.97 Å². The van der Waals surface area contributed by atoms with Crippen molar-refractivity contribution in [3.63, 3.8) is 0 Å². The van der Waals surface area contributed by atoms with Gasteiger partial charge in [0.25, 0.3) is 0 Å². The molecule has 0 aromatic rings. The zero-order chi connectivity index (χ0) is 20.5. The highest BCUT2D eigenvalue weighted by Gasteiger charge is 2.33. The molecular formula is C21H39NO4S. The molecule has 5 nitrogen and oxygen atoms in total. The zero-order valence-electron chi connectivity index (χ0n) is 17.5. The number of nitrogens with zero attached hydrogens (tertiary/aromatic N) is 1. The number of hydrogen-bond acceptors (Lipinski definition) is 4. The van der Waals surface area contributed by atoms with E-state index in [1.807, 2.05) is 6.26 Å². The lowest BCUT2D eigenvalue weighted by Gasteiger charge is -2.27. The van der Waals surface area contributed by atoms with Crippen LogP contribution in [0.5, 0.6) is 0 Å². The molecule has 0 aliphatic heterocycles. The van der Waals surface area contributed by atoms with Crippen molar-refractivity contribution < 1.29 is 19.5 Å². The molecule has 0 aliphatic rings. The normalized spacial score (nSPS) is 12.0. The van der Waals surface area contributed by atoms with E-state index >= 15 is 0 Å². The third-order valence-electron chi connectivity index (χ3n) is 4.72. The van der Waals surface area contributed by atoms with E-state index in [2.05, 4.69) is 13.8 Å². The largest absolute Gasteiger partial charge is 0.480 e. The molecule has 0 aromatic carbocycles. The molecule has 0 radical (unpaired) electrons. The lowest BCUT2D eigenvalue weighted by atomic mass is 10.1. The van der Waals surface area contributed by atoms with E-state index in [4.69, 9.17) is 0 Å². The van der Waals surface area contributed by atoms with Crippen molar-refractivity contribution in [2.45, 2.75) is 103 Å². The number of carbonyl (C=O) groups excluding carboxylic acids is 2. The molecule has 0 spiro atoms. The second-order valence-electron chi connectivity index (χ2n) is 7.12. The molecule has 0 aromatic heterocycles.